The van der Waals surface area contributed by atoms with Crippen molar-refractivity contribution in [3.63, 3.8) is 0 Å². The van der Waals surface area contributed by atoms with Gasteiger partial charge in [0.05, 0.1) is 28.6 Å². The number of benzene rings is 3. The largest absolute Gasteiger partial charge is 1.00 e. The summed E-state index contributed by atoms with van der Waals surface area (Å²) in [5.41, 5.74) is 6.22. The molecule has 0 fully saturated rings. The summed E-state index contributed by atoms with van der Waals surface area (Å²) in [6, 6.07) is 18.6. The molecular formula is C28H20ClFNNaO3S. The van der Waals surface area contributed by atoms with Gasteiger partial charge in [-0.25, -0.2) is 9.37 Å². The van der Waals surface area contributed by atoms with Gasteiger partial charge in [-0.3, -0.25) is 0 Å². The van der Waals surface area contributed by atoms with Gasteiger partial charge in [0.1, 0.15) is 11.6 Å². The molecule has 1 aliphatic carbocycles. The first kappa shape index (κ1) is 26.7. The van der Waals surface area contributed by atoms with Gasteiger partial charge >= 0.3 is 29.6 Å². The molecule has 0 saturated carbocycles. The molecule has 0 aliphatic heterocycles. The predicted octanol–water partition coefficient (Wildman–Crippen LogP) is 3.15. The summed E-state index contributed by atoms with van der Waals surface area (Å²) in [6.45, 7) is 0. The van der Waals surface area contributed by atoms with Crippen LogP contribution < -0.4 is 39.4 Å². The van der Waals surface area contributed by atoms with E-state index in [4.69, 9.17) is 21.3 Å². The van der Waals surface area contributed by atoms with E-state index in [1.165, 1.54) is 12.1 Å². The Hall–Kier alpha value is -2.35. The molecule has 1 aliphatic rings. The van der Waals surface area contributed by atoms with E-state index in [0.29, 0.717) is 28.1 Å². The minimum atomic E-state index is -1.07. The maximum absolute atomic E-state index is 13.9. The maximum Gasteiger partial charge on any atom is 1.00 e. The molecule has 0 radical (unpaired) electrons. The van der Waals surface area contributed by atoms with Gasteiger partial charge in [-0.15, -0.1) is 11.8 Å². The van der Waals surface area contributed by atoms with Gasteiger partial charge in [0.15, 0.2) is 0 Å². The third-order valence-corrected chi connectivity index (χ3v) is 7.57. The molecule has 0 amide bonds. The number of carbonyl (C=O) groups excluding carboxylic acids is 1. The summed E-state index contributed by atoms with van der Waals surface area (Å²) in [5.74, 6) is -0.459. The molecule has 0 bridgehead atoms. The Kier molecular flexibility index (Phi) is 8.43. The van der Waals surface area contributed by atoms with E-state index < -0.39 is 11.8 Å². The Morgan fingerprint density at radius 1 is 1.11 bits per heavy atom. The zero-order valence-corrected chi connectivity index (χ0v) is 23.3. The number of aromatic nitrogens is 1. The standard InChI is InChI=1S/C28H21ClFNO3S.Na/c1-34-26-14-18(24-9-7-17-13-23(30)22(29)15-25(17)31-24)12-21-20(26)8-6-16-4-2-3-5-19(16)28(21)35-11-10-27(32)33;/h2-9,12-15,28H,10-11H2,1H3,(H,32,33);/q;+1/p-1. The number of aliphatic carboxylic acids is 1. The summed E-state index contributed by atoms with van der Waals surface area (Å²) in [7, 11) is 1.62. The van der Waals surface area contributed by atoms with Gasteiger partial charge in [0.2, 0.25) is 0 Å². The molecule has 3 aromatic carbocycles. The van der Waals surface area contributed by atoms with Crippen molar-refractivity contribution in [3.8, 4) is 17.0 Å². The fraction of sp³-hybridized carbons (Fsp3) is 0.143. The SMILES string of the molecule is COc1cc(-c2ccc3cc(F)c(Cl)cc3n2)cc2c1C=Cc1ccccc1C2SCCC(=O)[O-].[Na+]. The molecule has 0 spiro atoms. The van der Waals surface area contributed by atoms with Crippen LogP contribution in [0.5, 0.6) is 5.75 Å². The average Bonchev–Trinajstić information content (AvgIpc) is 3.01. The Bertz CT molecular complexity index is 1490. The third kappa shape index (κ3) is 5.34. The first-order chi connectivity index (χ1) is 16.9. The summed E-state index contributed by atoms with van der Waals surface area (Å²) in [4.78, 5) is 15.8. The number of thioether (sulfide) groups is 1. The number of rotatable bonds is 6. The van der Waals surface area contributed by atoms with Crippen LogP contribution in [0.25, 0.3) is 34.3 Å². The normalized spacial score (nSPS) is 13.9. The zero-order valence-electron chi connectivity index (χ0n) is 19.8. The van der Waals surface area contributed by atoms with E-state index in [1.807, 2.05) is 42.5 Å². The third-order valence-electron chi connectivity index (χ3n) is 6.00. The molecule has 1 aromatic heterocycles. The Morgan fingerprint density at radius 2 is 1.92 bits per heavy atom. The average molecular weight is 528 g/mol. The minimum absolute atomic E-state index is 0. The molecule has 176 valence electrons. The van der Waals surface area contributed by atoms with E-state index in [9.17, 15) is 14.3 Å². The second-order valence-electron chi connectivity index (χ2n) is 8.17. The van der Waals surface area contributed by atoms with Gasteiger partial charge in [0.25, 0.3) is 0 Å². The number of carboxylic acids is 1. The van der Waals surface area contributed by atoms with E-state index in [0.717, 1.165) is 27.8 Å². The molecule has 1 atom stereocenters. The number of pyridine rings is 1. The number of ether oxygens (including phenoxy) is 1. The van der Waals surface area contributed by atoms with Crippen LogP contribution in [0.1, 0.15) is 33.9 Å². The summed E-state index contributed by atoms with van der Waals surface area (Å²) in [6.07, 6.45) is 4.05. The van der Waals surface area contributed by atoms with Gasteiger partial charge < -0.3 is 14.6 Å². The van der Waals surface area contributed by atoms with Crippen molar-refractivity contribution >= 4 is 52.4 Å². The zero-order chi connectivity index (χ0) is 24.5. The van der Waals surface area contributed by atoms with Gasteiger partial charge in [-0.05, 0) is 59.2 Å². The molecule has 1 unspecified atom stereocenters. The van der Waals surface area contributed by atoms with Gasteiger partial charge in [-0.1, -0.05) is 54.1 Å². The van der Waals surface area contributed by atoms with Crippen LogP contribution in [-0.2, 0) is 4.79 Å². The number of carboxylic acid groups (broad SMARTS) is 1. The van der Waals surface area contributed by atoms with Crippen LogP contribution in [0, 0.1) is 5.82 Å². The van der Waals surface area contributed by atoms with Crippen LogP contribution >= 0.6 is 23.4 Å². The van der Waals surface area contributed by atoms with E-state index in [-0.39, 0.29) is 46.3 Å². The molecule has 0 N–H and O–H groups in total. The maximum atomic E-state index is 13.9. The Morgan fingerprint density at radius 3 is 2.69 bits per heavy atom. The number of hydrogen-bond acceptors (Lipinski definition) is 5. The predicted molar refractivity (Wildman–Crippen MR) is 138 cm³/mol. The smallest absolute Gasteiger partial charge is 0.550 e. The van der Waals surface area contributed by atoms with Crippen molar-refractivity contribution in [1.29, 1.82) is 0 Å². The number of carbonyl (C=O) groups is 1. The van der Waals surface area contributed by atoms with Gasteiger partial charge in [0, 0.05) is 22.5 Å². The quantitative estimate of drug-likeness (QED) is 0.361. The van der Waals surface area contributed by atoms with Crippen molar-refractivity contribution in [1.82, 2.24) is 4.98 Å². The molecule has 4 aromatic rings. The van der Waals surface area contributed by atoms with E-state index in [2.05, 4.69) is 18.2 Å². The number of methoxy groups -OCH3 is 1. The van der Waals surface area contributed by atoms with Crippen LogP contribution in [0.15, 0.2) is 60.7 Å². The van der Waals surface area contributed by atoms with Crippen LogP contribution in [-0.4, -0.2) is 23.8 Å². The monoisotopic (exact) mass is 527 g/mol. The molecule has 8 heteroatoms. The van der Waals surface area contributed by atoms with E-state index in [1.54, 1.807) is 18.9 Å². The fourth-order valence-electron chi connectivity index (χ4n) is 4.32. The second kappa shape index (κ2) is 11.4. The summed E-state index contributed by atoms with van der Waals surface area (Å²) in [5, 5.41) is 11.7. The number of hydrogen-bond donors (Lipinski definition) is 0. The molecular weight excluding hydrogens is 508 g/mol. The second-order valence-corrected chi connectivity index (χ2v) is 9.79. The van der Waals surface area contributed by atoms with Crippen molar-refractivity contribution in [2.45, 2.75) is 11.7 Å². The van der Waals surface area contributed by atoms with Crippen molar-refractivity contribution in [2.75, 3.05) is 12.9 Å². The molecule has 1 heterocycles. The molecule has 36 heavy (non-hydrogen) atoms. The first-order valence-corrected chi connectivity index (χ1v) is 12.4. The Balaban J connectivity index is 0.00000304. The summed E-state index contributed by atoms with van der Waals surface area (Å²) < 4.78 is 19.7. The topological polar surface area (TPSA) is 62.2 Å². The van der Waals surface area contributed by atoms with Crippen molar-refractivity contribution < 1.29 is 48.6 Å². The van der Waals surface area contributed by atoms with E-state index >= 15 is 0 Å². The molecule has 4 nitrogen and oxygen atoms in total. The fourth-order valence-corrected chi connectivity index (χ4v) is 5.77. The van der Waals surface area contributed by atoms with Crippen LogP contribution in [0.2, 0.25) is 5.02 Å². The van der Waals surface area contributed by atoms with Crippen molar-refractivity contribution in [3.05, 3.63) is 93.8 Å². The van der Waals surface area contributed by atoms with Crippen molar-refractivity contribution in [2.24, 2.45) is 0 Å². The molecule has 5 rings (SSSR count). The number of nitrogens with zero attached hydrogens (tertiary/aromatic N) is 1. The number of halogens is 2. The number of fused-ring (bicyclic) bond motifs is 3. The van der Waals surface area contributed by atoms with Crippen LogP contribution in [0.3, 0.4) is 0 Å². The van der Waals surface area contributed by atoms with Gasteiger partial charge in [-0.2, -0.15) is 0 Å². The Labute approximate surface area is 239 Å². The molecule has 0 saturated heterocycles. The minimum Gasteiger partial charge on any atom is -0.550 e. The first-order valence-electron chi connectivity index (χ1n) is 11.0. The summed E-state index contributed by atoms with van der Waals surface area (Å²) >= 11 is 7.55. The van der Waals surface area contributed by atoms with Crippen LogP contribution in [0.4, 0.5) is 4.39 Å².